The summed E-state index contributed by atoms with van der Waals surface area (Å²) in [5, 5.41) is 21.8. The highest BCUT2D eigenvalue weighted by Crippen LogP contribution is 2.77. The standard InChI is InChI=1S/C20H26O4/c1-10-11-4-7-20(15(10)21)13(8-11)19-6-3-5-18(2)12(19)9-14(20)23-17(19)24-16(18)22/h4,7,11-17,21-22H,1,3,5-6,8-9H2,2H3/t11?,12?,13?,14?,15-,16?,17?,18?,19?,20?/m0/s1. The smallest absolute Gasteiger partial charge is 0.167 e. The molecule has 4 nitrogen and oxygen atoms in total. The Bertz CT molecular complexity index is 673. The lowest BCUT2D eigenvalue weighted by atomic mass is 9.34. The number of hydrogen-bond acceptors (Lipinski definition) is 4. The van der Waals surface area contributed by atoms with Gasteiger partial charge in [0.1, 0.15) is 0 Å². The van der Waals surface area contributed by atoms with E-state index in [0.717, 1.165) is 37.7 Å². The predicted octanol–water partition coefficient (Wildman–Crippen LogP) is 2.37. The molecule has 8 rings (SSSR count). The van der Waals surface area contributed by atoms with E-state index in [1.165, 1.54) is 0 Å². The number of rotatable bonds is 0. The summed E-state index contributed by atoms with van der Waals surface area (Å²) in [6, 6.07) is 0. The van der Waals surface area contributed by atoms with Crippen molar-refractivity contribution in [2.24, 2.45) is 34.0 Å². The molecule has 2 spiro atoms. The largest absolute Gasteiger partial charge is 0.388 e. The molecule has 4 heteroatoms. The maximum atomic E-state index is 11.1. The number of hydrogen-bond donors (Lipinski definition) is 2. The minimum absolute atomic E-state index is 0.0338. The molecule has 6 fully saturated rings. The van der Waals surface area contributed by atoms with Gasteiger partial charge in [-0.05, 0) is 43.1 Å². The van der Waals surface area contributed by atoms with Crippen molar-refractivity contribution in [1.82, 2.24) is 0 Å². The summed E-state index contributed by atoms with van der Waals surface area (Å²) >= 11 is 0. The Morgan fingerprint density at radius 3 is 2.83 bits per heavy atom. The minimum atomic E-state index is -0.730. The van der Waals surface area contributed by atoms with Gasteiger partial charge in [-0.3, -0.25) is 0 Å². The van der Waals surface area contributed by atoms with Gasteiger partial charge in [-0.2, -0.15) is 0 Å². The highest BCUT2D eigenvalue weighted by atomic mass is 16.7. The molecule has 3 aliphatic heterocycles. The van der Waals surface area contributed by atoms with Gasteiger partial charge in [-0.25, -0.2) is 0 Å². The molecule has 0 radical (unpaired) electrons. The summed E-state index contributed by atoms with van der Waals surface area (Å²) in [5.74, 6) is 1.07. The van der Waals surface area contributed by atoms with Gasteiger partial charge >= 0.3 is 0 Å². The Kier molecular flexibility index (Phi) is 2.42. The highest BCUT2D eigenvalue weighted by molar-refractivity contribution is 5.39. The van der Waals surface area contributed by atoms with Crippen molar-refractivity contribution in [2.45, 2.75) is 63.8 Å². The van der Waals surface area contributed by atoms with Crippen LogP contribution in [0, 0.1) is 34.0 Å². The van der Waals surface area contributed by atoms with Crippen LogP contribution in [0.3, 0.4) is 0 Å². The van der Waals surface area contributed by atoms with Crippen molar-refractivity contribution in [3.63, 3.8) is 0 Å². The summed E-state index contributed by atoms with van der Waals surface area (Å²) in [6.45, 7) is 6.40. The fourth-order valence-electron chi connectivity index (χ4n) is 7.89. The highest BCUT2D eigenvalue weighted by Gasteiger charge is 2.79. The molecule has 10 atom stereocenters. The van der Waals surface area contributed by atoms with Crippen LogP contribution in [0.25, 0.3) is 0 Å². The third-order valence-corrected chi connectivity index (χ3v) is 8.98. The number of allylic oxidation sites excluding steroid dienone is 1. The molecule has 130 valence electrons. The molecule has 24 heavy (non-hydrogen) atoms. The van der Waals surface area contributed by atoms with Crippen molar-refractivity contribution in [1.29, 1.82) is 0 Å². The molecule has 8 aliphatic rings. The van der Waals surface area contributed by atoms with E-state index in [0.29, 0.717) is 11.8 Å². The number of fused-ring (bicyclic) bond motifs is 1. The van der Waals surface area contributed by atoms with Gasteiger partial charge in [0.05, 0.1) is 12.2 Å². The maximum Gasteiger partial charge on any atom is 0.167 e. The second-order valence-corrected chi connectivity index (χ2v) is 9.44. The average Bonchev–Trinajstić information content (AvgIpc) is 2.58. The second-order valence-electron chi connectivity index (χ2n) is 9.44. The Morgan fingerprint density at radius 1 is 1.17 bits per heavy atom. The lowest BCUT2D eigenvalue weighted by Gasteiger charge is -2.77. The first-order valence-corrected chi connectivity index (χ1v) is 9.49. The molecule has 0 aromatic rings. The first kappa shape index (κ1) is 14.5. The molecule has 3 saturated carbocycles. The van der Waals surface area contributed by atoms with Crippen LogP contribution in [-0.4, -0.2) is 35.0 Å². The first-order chi connectivity index (χ1) is 11.4. The van der Waals surface area contributed by atoms with Crippen molar-refractivity contribution < 1.29 is 19.7 Å². The van der Waals surface area contributed by atoms with Crippen LogP contribution in [-0.2, 0) is 9.47 Å². The van der Waals surface area contributed by atoms with Crippen LogP contribution in [0.1, 0.15) is 39.0 Å². The summed E-state index contributed by atoms with van der Waals surface area (Å²) in [5.41, 5.74) is 0.390. The van der Waals surface area contributed by atoms with Gasteiger partial charge in [0.25, 0.3) is 0 Å². The van der Waals surface area contributed by atoms with Gasteiger partial charge in [0.15, 0.2) is 12.6 Å². The Morgan fingerprint density at radius 2 is 2.00 bits per heavy atom. The average molecular weight is 330 g/mol. The fraction of sp³-hybridized carbons (Fsp3) is 0.800. The second kappa shape index (κ2) is 4.01. The van der Waals surface area contributed by atoms with E-state index in [9.17, 15) is 10.2 Å². The number of aliphatic hydroxyl groups excluding tert-OH is 2. The molecule has 0 aromatic heterocycles. The van der Waals surface area contributed by atoms with Crippen LogP contribution in [0.15, 0.2) is 24.3 Å². The molecule has 5 aliphatic carbocycles. The summed E-state index contributed by atoms with van der Waals surface area (Å²) < 4.78 is 12.5. The summed E-state index contributed by atoms with van der Waals surface area (Å²) in [6.07, 6.45) is 8.11. The molecule has 9 unspecified atom stereocenters. The Labute approximate surface area is 142 Å². The topological polar surface area (TPSA) is 58.9 Å². The van der Waals surface area contributed by atoms with Crippen molar-refractivity contribution >= 4 is 0 Å². The van der Waals surface area contributed by atoms with Crippen LogP contribution >= 0.6 is 0 Å². The van der Waals surface area contributed by atoms with Crippen LogP contribution < -0.4 is 0 Å². The van der Waals surface area contributed by atoms with Gasteiger partial charge in [0, 0.05) is 22.2 Å². The lowest BCUT2D eigenvalue weighted by molar-refractivity contribution is -0.463. The van der Waals surface area contributed by atoms with E-state index in [1.54, 1.807) is 0 Å². The van der Waals surface area contributed by atoms with Crippen molar-refractivity contribution in [2.75, 3.05) is 0 Å². The van der Waals surface area contributed by atoms with Crippen LogP contribution in [0.4, 0.5) is 0 Å². The molecule has 0 amide bonds. The zero-order chi connectivity index (χ0) is 16.5. The molecule has 3 saturated heterocycles. The molecule has 7 bridgehead atoms. The zero-order valence-electron chi connectivity index (χ0n) is 14.1. The summed E-state index contributed by atoms with van der Waals surface area (Å²) in [4.78, 5) is 0. The number of ether oxygens (including phenoxy) is 2. The number of aliphatic hydroxyl groups is 2. The quantitative estimate of drug-likeness (QED) is 0.670. The SMILES string of the molecule is C=C1C2C=CC3(C4CC5C6(C)CCCC5(C(OC6O)O4)C3C2)[C@H]1O. The van der Waals surface area contributed by atoms with E-state index in [1.807, 2.05) is 0 Å². The van der Waals surface area contributed by atoms with Crippen molar-refractivity contribution in [3.05, 3.63) is 24.3 Å². The van der Waals surface area contributed by atoms with E-state index in [-0.39, 0.29) is 34.6 Å². The van der Waals surface area contributed by atoms with E-state index in [2.05, 4.69) is 25.7 Å². The monoisotopic (exact) mass is 330 g/mol. The predicted molar refractivity (Wildman–Crippen MR) is 86.6 cm³/mol. The van der Waals surface area contributed by atoms with E-state index >= 15 is 0 Å². The molecule has 2 N–H and O–H groups in total. The third kappa shape index (κ3) is 1.21. The minimum Gasteiger partial charge on any atom is -0.388 e. The Hall–Kier alpha value is -0.680. The van der Waals surface area contributed by atoms with Crippen LogP contribution in [0.5, 0.6) is 0 Å². The fourth-order valence-corrected chi connectivity index (χ4v) is 7.89. The van der Waals surface area contributed by atoms with Gasteiger partial charge < -0.3 is 19.7 Å². The van der Waals surface area contributed by atoms with E-state index in [4.69, 9.17) is 9.47 Å². The maximum absolute atomic E-state index is 11.1. The molecular weight excluding hydrogens is 304 g/mol. The van der Waals surface area contributed by atoms with Crippen LogP contribution in [0.2, 0.25) is 0 Å². The van der Waals surface area contributed by atoms with Gasteiger partial charge in [0.2, 0.25) is 0 Å². The van der Waals surface area contributed by atoms with Gasteiger partial charge in [-0.1, -0.05) is 32.1 Å². The first-order valence-electron chi connectivity index (χ1n) is 9.49. The molecule has 0 aromatic carbocycles. The lowest BCUT2D eigenvalue weighted by Crippen LogP contribution is -2.79. The summed E-state index contributed by atoms with van der Waals surface area (Å²) in [7, 11) is 0. The van der Waals surface area contributed by atoms with E-state index < -0.39 is 12.4 Å². The van der Waals surface area contributed by atoms with Gasteiger partial charge in [-0.15, -0.1) is 0 Å². The normalized spacial score (nSPS) is 65.8. The van der Waals surface area contributed by atoms with Crippen molar-refractivity contribution in [3.8, 4) is 0 Å². The zero-order valence-corrected chi connectivity index (χ0v) is 14.1. The molecule has 3 heterocycles. The Balaban J connectivity index is 1.58. The molecular formula is C20H26O4. The third-order valence-electron chi connectivity index (χ3n) is 8.98.